The van der Waals surface area contributed by atoms with Gasteiger partial charge in [-0.2, -0.15) is 9.67 Å². The van der Waals surface area contributed by atoms with E-state index in [2.05, 4.69) is 27.0 Å². The van der Waals surface area contributed by atoms with Crippen LogP contribution in [0.15, 0.2) is 11.4 Å². The van der Waals surface area contributed by atoms with Gasteiger partial charge >= 0.3 is 0 Å². The van der Waals surface area contributed by atoms with Crippen LogP contribution in [0.4, 0.5) is 5.95 Å². The van der Waals surface area contributed by atoms with Gasteiger partial charge in [0.05, 0.1) is 5.39 Å². The highest BCUT2D eigenvalue weighted by atomic mass is 32.1. The summed E-state index contributed by atoms with van der Waals surface area (Å²) in [6.45, 7) is 4.09. The van der Waals surface area contributed by atoms with E-state index in [-0.39, 0.29) is 5.95 Å². The number of fused-ring (bicyclic) bond motifs is 1. The molecule has 0 spiro atoms. The van der Waals surface area contributed by atoms with Crippen LogP contribution < -0.4 is 5.73 Å². The van der Waals surface area contributed by atoms with Crippen LogP contribution in [0, 0.1) is 0 Å². The molecule has 7 heteroatoms. The molecule has 98 valence electrons. The number of nitrogens with zero attached hydrogens (tertiary/aromatic N) is 5. The number of rotatable bonds is 3. The fourth-order valence-electron chi connectivity index (χ4n) is 1.96. The zero-order chi connectivity index (χ0) is 13.4. The lowest BCUT2D eigenvalue weighted by Crippen LogP contribution is -2.07. The second-order valence-electron chi connectivity index (χ2n) is 4.11. The number of hydrogen-bond donors (Lipinski definition) is 1. The van der Waals surface area contributed by atoms with E-state index in [1.54, 1.807) is 16.0 Å². The second kappa shape index (κ2) is 4.58. The van der Waals surface area contributed by atoms with Crippen molar-refractivity contribution in [1.29, 1.82) is 0 Å². The topological polar surface area (TPSA) is 82.5 Å². The first-order valence-electron chi connectivity index (χ1n) is 6.18. The molecule has 0 aromatic carbocycles. The summed E-state index contributed by atoms with van der Waals surface area (Å²) in [5, 5.41) is 7.44. The van der Waals surface area contributed by atoms with Gasteiger partial charge < -0.3 is 5.73 Å². The highest BCUT2D eigenvalue weighted by molar-refractivity contribution is 7.16. The molecule has 3 aromatic heterocycles. The van der Waals surface area contributed by atoms with Gasteiger partial charge in [-0.1, -0.05) is 13.8 Å². The average Bonchev–Trinajstić information content (AvgIpc) is 3.03. The van der Waals surface area contributed by atoms with Gasteiger partial charge in [-0.25, -0.2) is 9.97 Å². The summed E-state index contributed by atoms with van der Waals surface area (Å²) < 4.78 is 1.78. The molecule has 19 heavy (non-hydrogen) atoms. The van der Waals surface area contributed by atoms with Crippen molar-refractivity contribution in [3.63, 3.8) is 0 Å². The fourth-order valence-corrected chi connectivity index (χ4v) is 2.72. The minimum Gasteiger partial charge on any atom is -0.368 e. The van der Waals surface area contributed by atoms with E-state index in [0.29, 0.717) is 5.82 Å². The summed E-state index contributed by atoms with van der Waals surface area (Å²) in [7, 11) is 0. The quantitative estimate of drug-likeness (QED) is 0.789. The molecule has 3 heterocycles. The van der Waals surface area contributed by atoms with Crippen molar-refractivity contribution >= 4 is 27.5 Å². The van der Waals surface area contributed by atoms with Crippen LogP contribution in [0.5, 0.6) is 0 Å². The van der Waals surface area contributed by atoms with Gasteiger partial charge in [0.1, 0.15) is 10.7 Å². The van der Waals surface area contributed by atoms with Gasteiger partial charge in [0, 0.05) is 12.8 Å². The maximum Gasteiger partial charge on any atom is 0.223 e. The Balaban J connectivity index is 2.28. The number of aromatic nitrogens is 5. The van der Waals surface area contributed by atoms with Crippen molar-refractivity contribution in [3.05, 3.63) is 23.1 Å². The zero-order valence-electron chi connectivity index (χ0n) is 10.8. The molecule has 6 nitrogen and oxygen atoms in total. The van der Waals surface area contributed by atoms with Crippen LogP contribution in [0.1, 0.15) is 25.5 Å². The molecule has 0 aliphatic carbocycles. The monoisotopic (exact) mass is 274 g/mol. The van der Waals surface area contributed by atoms with Crippen molar-refractivity contribution in [2.75, 3.05) is 5.73 Å². The first-order valence-corrected chi connectivity index (χ1v) is 7.06. The third-order valence-corrected chi connectivity index (χ3v) is 3.68. The minimum atomic E-state index is 0.264. The highest BCUT2D eigenvalue weighted by Gasteiger charge is 2.15. The molecule has 0 radical (unpaired) electrons. The van der Waals surface area contributed by atoms with E-state index in [4.69, 9.17) is 5.73 Å². The van der Waals surface area contributed by atoms with Crippen molar-refractivity contribution < 1.29 is 0 Å². The summed E-state index contributed by atoms with van der Waals surface area (Å²) in [6, 6.07) is 1.99. The number of nitrogen functional groups attached to an aromatic ring is 1. The Labute approximate surface area is 114 Å². The fraction of sp³-hybridized carbons (Fsp3) is 0.333. The molecule has 0 aliphatic rings. The van der Waals surface area contributed by atoms with Crippen LogP contribution in [-0.2, 0) is 12.8 Å². The average molecular weight is 274 g/mol. The standard InChI is InChI=1S/C12H14N6S/c1-3-8-14-9(4-2)18(17-8)10-7-5-6-19-11(7)16-12(13)15-10/h5-6H,3-4H2,1-2H3,(H2,13,15,16). The molecule has 3 rings (SSSR count). The highest BCUT2D eigenvalue weighted by Crippen LogP contribution is 2.25. The summed E-state index contributed by atoms with van der Waals surface area (Å²) in [5.41, 5.74) is 5.77. The van der Waals surface area contributed by atoms with E-state index in [1.807, 2.05) is 18.4 Å². The van der Waals surface area contributed by atoms with Gasteiger partial charge in [0.2, 0.25) is 5.95 Å². The van der Waals surface area contributed by atoms with Crippen LogP contribution in [0.2, 0.25) is 0 Å². The van der Waals surface area contributed by atoms with Gasteiger partial charge in [-0.15, -0.1) is 16.4 Å². The summed E-state index contributed by atoms with van der Waals surface area (Å²) in [4.78, 5) is 13.9. The van der Waals surface area contributed by atoms with E-state index in [9.17, 15) is 0 Å². The first kappa shape index (κ1) is 12.0. The van der Waals surface area contributed by atoms with Gasteiger partial charge in [-0.05, 0) is 11.4 Å². The molecule has 0 saturated carbocycles. The van der Waals surface area contributed by atoms with Crippen LogP contribution in [0.3, 0.4) is 0 Å². The largest absolute Gasteiger partial charge is 0.368 e. The van der Waals surface area contributed by atoms with E-state index < -0.39 is 0 Å². The Kier molecular flexibility index (Phi) is 2.90. The maximum atomic E-state index is 5.77. The SMILES string of the molecule is CCc1nc(CC)n(-c2nc(N)nc3sccc23)n1. The Morgan fingerprint density at radius 1 is 1.21 bits per heavy atom. The number of nitrogens with two attached hydrogens (primary N) is 1. The number of thiophene rings is 1. The predicted molar refractivity (Wildman–Crippen MR) is 75.5 cm³/mol. The molecule has 0 bridgehead atoms. The molecular formula is C12H14N6S. The zero-order valence-corrected chi connectivity index (χ0v) is 11.6. The Morgan fingerprint density at radius 3 is 2.79 bits per heavy atom. The van der Waals surface area contributed by atoms with Crippen molar-refractivity contribution in [2.24, 2.45) is 0 Å². The molecule has 2 N–H and O–H groups in total. The van der Waals surface area contributed by atoms with Crippen LogP contribution in [-0.4, -0.2) is 24.7 Å². The lowest BCUT2D eigenvalue weighted by Gasteiger charge is -2.05. The third kappa shape index (κ3) is 1.95. The van der Waals surface area contributed by atoms with Crippen LogP contribution in [0.25, 0.3) is 16.0 Å². The second-order valence-corrected chi connectivity index (χ2v) is 5.00. The Morgan fingerprint density at radius 2 is 2.05 bits per heavy atom. The smallest absolute Gasteiger partial charge is 0.223 e. The molecular weight excluding hydrogens is 260 g/mol. The Hall–Kier alpha value is -2.02. The maximum absolute atomic E-state index is 5.77. The normalized spacial score (nSPS) is 11.3. The van der Waals surface area contributed by atoms with Crippen molar-refractivity contribution in [3.8, 4) is 5.82 Å². The molecule has 3 aromatic rings. The van der Waals surface area contributed by atoms with Crippen LogP contribution >= 0.6 is 11.3 Å². The minimum absolute atomic E-state index is 0.264. The summed E-state index contributed by atoms with van der Waals surface area (Å²) in [6.07, 6.45) is 1.59. The first-order chi connectivity index (χ1) is 9.22. The molecule has 0 fully saturated rings. The van der Waals surface area contributed by atoms with Crippen molar-refractivity contribution in [2.45, 2.75) is 26.7 Å². The molecule has 0 amide bonds. The number of anilines is 1. The van der Waals surface area contributed by atoms with E-state index in [0.717, 1.165) is 34.7 Å². The Bertz CT molecular complexity index is 729. The van der Waals surface area contributed by atoms with Crippen molar-refractivity contribution in [1.82, 2.24) is 24.7 Å². The van der Waals surface area contributed by atoms with E-state index >= 15 is 0 Å². The number of aryl methyl sites for hydroxylation is 2. The lowest BCUT2D eigenvalue weighted by molar-refractivity contribution is 0.775. The molecule has 0 atom stereocenters. The third-order valence-electron chi connectivity index (χ3n) is 2.87. The molecule has 0 aliphatic heterocycles. The summed E-state index contributed by atoms with van der Waals surface area (Å²) in [5.74, 6) is 2.69. The molecule has 0 unspecified atom stereocenters. The predicted octanol–water partition coefficient (Wildman–Crippen LogP) is 1.98. The van der Waals surface area contributed by atoms with E-state index in [1.165, 1.54) is 0 Å². The van der Waals surface area contributed by atoms with Gasteiger partial charge in [0.25, 0.3) is 0 Å². The molecule has 0 saturated heterocycles. The number of hydrogen-bond acceptors (Lipinski definition) is 6. The van der Waals surface area contributed by atoms with Gasteiger partial charge in [0.15, 0.2) is 11.6 Å². The lowest BCUT2D eigenvalue weighted by atomic mass is 10.3. The van der Waals surface area contributed by atoms with Gasteiger partial charge in [-0.3, -0.25) is 0 Å². The summed E-state index contributed by atoms with van der Waals surface area (Å²) >= 11 is 1.54.